The Morgan fingerprint density at radius 3 is 2.85 bits per heavy atom. The average Bonchev–Trinajstić information content (AvgIpc) is 3.00. The van der Waals surface area contributed by atoms with Crippen LogP contribution < -0.4 is 15.0 Å². The monoisotopic (exact) mass is 555 g/mol. The van der Waals surface area contributed by atoms with Gasteiger partial charge >= 0.3 is 6.03 Å². The van der Waals surface area contributed by atoms with Crippen LogP contribution in [0.5, 0.6) is 5.88 Å². The van der Waals surface area contributed by atoms with Crippen molar-refractivity contribution in [3.05, 3.63) is 70.2 Å². The molecule has 2 aliphatic heterocycles. The highest BCUT2D eigenvalue weighted by Crippen LogP contribution is 2.29. The van der Waals surface area contributed by atoms with Crippen LogP contribution in [-0.4, -0.2) is 71.5 Å². The van der Waals surface area contributed by atoms with Crippen molar-refractivity contribution >= 4 is 29.9 Å². The summed E-state index contributed by atoms with van der Waals surface area (Å²) >= 11 is 0. The zero-order valence-electron chi connectivity index (χ0n) is 22.6. The topological polar surface area (TPSA) is 151 Å². The number of morpholine rings is 1. The van der Waals surface area contributed by atoms with Gasteiger partial charge in [0.05, 0.1) is 19.3 Å². The molecule has 12 heteroatoms. The van der Waals surface area contributed by atoms with E-state index in [2.05, 4.69) is 26.3 Å². The second-order valence-electron chi connectivity index (χ2n) is 9.70. The number of anilines is 2. The van der Waals surface area contributed by atoms with Crippen LogP contribution in [-0.2, 0) is 35.3 Å². The molecule has 0 spiro atoms. The molecule has 1 N–H and O–H groups in total. The molecule has 0 bridgehead atoms. The maximum Gasteiger partial charge on any atom is 0.328 e. The molecule has 0 unspecified atom stereocenters. The van der Waals surface area contributed by atoms with Gasteiger partial charge in [-0.25, -0.2) is 19.7 Å². The fourth-order valence-corrected chi connectivity index (χ4v) is 5.02. The van der Waals surface area contributed by atoms with Gasteiger partial charge in [-0.1, -0.05) is 6.07 Å². The van der Waals surface area contributed by atoms with E-state index in [1.807, 2.05) is 18.2 Å². The molecule has 3 aromatic heterocycles. The zero-order chi connectivity index (χ0) is 28.8. The Bertz CT molecular complexity index is 1520. The highest BCUT2D eigenvalue weighted by Gasteiger charge is 2.28. The largest absolute Gasteiger partial charge is 0.481 e. The molecule has 0 aliphatic carbocycles. The standard InChI is InChI=1S/C29H29N7O5/c1-40-28-19(4-2-8-31-28)6-7-20-13-25(32-15-23(20)14-30)34-29(39)36-9-3-5-21-12-22(24(17-37)33-27(21)36)16-35-10-11-41-18-26(35)38/h2,4,8,12-13,15,17H,3,5-7,9-11,16,18H2,1H3,(H,32,34,39). The zero-order valence-corrected chi connectivity index (χ0v) is 22.6. The predicted molar refractivity (Wildman–Crippen MR) is 148 cm³/mol. The number of nitrogens with zero attached hydrogens (tertiary/aromatic N) is 6. The van der Waals surface area contributed by atoms with Crippen LogP contribution in [0.1, 0.15) is 44.7 Å². The normalized spacial score (nSPS) is 14.7. The molecule has 0 saturated carbocycles. The van der Waals surface area contributed by atoms with E-state index in [0.717, 1.165) is 16.7 Å². The third-order valence-electron chi connectivity index (χ3n) is 7.13. The number of urea groups is 1. The van der Waals surface area contributed by atoms with Gasteiger partial charge in [0.25, 0.3) is 0 Å². The van der Waals surface area contributed by atoms with Crippen LogP contribution in [0.3, 0.4) is 0 Å². The third kappa shape index (κ3) is 6.15. The molecule has 210 valence electrons. The number of amides is 3. The Morgan fingerprint density at radius 2 is 2.07 bits per heavy atom. The molecular formula is C29H29N7O5. The number of aldehydes is 1. The first-order valence-electron chi connectivity index (χ1n) is 13.3. The fourth-order valence-electron chi connectivity index (χ4n) is 5.02. The summed E-state index contributed by atoms with van der Waals surface area (Å²) in [4.78, 5) is 53.7. The molecule has 0 atom stereocenters. The first-order valence-corrected chi connectivity index (χ1v) is 13.3. The second kappa shape index (κ2) is 12.5. The van der Waals surface area contributed by atoms with E-state index in [4.69, 9.17) is 9.47 Å². The van der Waals surface area contributed by atoms with Crippen LogP contribution in [0.2, 0.25) is 0 Å². The summed E-state index contributed by atoms with van der Waals surface area (Å²) in [7, 11) is 1.56. The summed E-state index contributed by atoms with van der Waals surface area (Å²) in [6.07, 6.45) is 6.24. The van der Waals surface area contributed by atoms with Crippen molar-refractivity contribution in [1.29, 1.82) is 5.26 Å². The number of nitriles is 1. The van der Waals surface area contributed by atoms with E-state index < -0.39 is 6.03 Å². The maximum atomic E-state index is 13.4. The van der Waals surface area contributed by atoms with Gasteiger partial charge in [-0.2, -0.15) is 5.26 Å². The summed E-state index contributed by atoms with van der Waals surface area (Å²) in [5.74, 6) is 1.10. The van der Waals surface area contributed by atoms with Crippen molar-refractivity contribution in [3.63, 3.8) is 0 Å². The first-order chi connectivity index (χ1) is 20.0. The molecule has 5 rings (SSSR count). The van der Waals surface area contributed by atoms with Crippen LogP contribution in [0, 0.1) is 11.3 Å². The highest BCUT2D eigenvalue weighted by molar-refractivity contribution is 6.01. The number of nitrogens with one attached hydrogen (secondary N) is 1. The van der Waals surface area contributed by atoms with E-state index in [0.29, 0.717) is 80.3 Å². The number of methoxy groups -OCH3 is 1. The minimum atomic E-state index is -0.441. The average molecular weight is 556 g/mol. The number of aryl methyl sites for hydroxylation is 3. The predicted octanol–water partition coefficient (Wildman–Crippen LogP) is 2.69. The number of carbonyl (C=O) groups excluding carboxylic acids is 3. The van der Waals surface area contributed by atoms with E-state index in [1.54, 1.807) is 24.3 Å². The lowest BCUT2D eigenvalue weighted by Gasteiger charge is -2.30. The number of pyridine rings is 3. The van der Waals surface area contributed by atoms with E-state index >= 15 is 0 Å². The van der Waals surface area contributed by atoms with Gasteiger partial charge in [-0.3, -0.25) is 19.8 Å². The second-order valence-corrected chi connectivity index (χ2v) is 9.70. The first kappa shape index (κ1) is 27.7. The van der Waals surface area contributed by atoms with Crippen LogP contribution in [0.15, 0.2) is 36.7 Å². The SMILES string of the molecule is COc1ncccc1CCc1cc(NC(=O)N2CCCc3cc(CN4CCOCC4=O)c(C=O)nc32)ncc1C#N. The van der Waals surface area contributed by atoms with Crippen molar-refractivity contribution in [2.45, 2.75) is 32.2 Å². The molecule has 5 heterocycles. The molecule has 0 aromatic carbocycles. The maximum absolute atomic E-state index is 13.4. The lowest BCUT2D eigenvalue weighted by molar-refractivity contribution is -0.143. The van der Waals surface area contributed by atoms with Gasteiger partial charge in [0, 0.05) is 43.2 Å². The molecule has 3 aromatic rings. The van der Waals surface area contributed by atoms with Crippen molar-refractivity contribution in [2.75, 3.05) is 43.6 Å². The minimum Gasteiger partial charge on any atom is -0.481 e. The lowest BCUT2D eigenvalue weighted by Crippen LogP contribution is -2.42. The number of hydrogen-bond donors (Lipinski definition) is 1. The van der Waals surface area contributed by atoms with Gasteiger partial charge in [0.2, 0.25) is 11.8 Å². The Labute approximate surface area is 236 Å². The molecule has 12 nitrogen and oxygen atoms in total. The third-order valence-corrected chi connectivity index (χ3v) is 7.13. The number of ether oxygens (including phenoxy) is 2. The van der Waals surface area contributed by atoms with E-state index in [-0.39, 0.29) is 24.8 Å². The lowest BCUT2D eigenvalue weighted by atomic mass is 10.0. The summed E-state index contributed by atoms with van der Waals surface area (Å²) in [5.41, 5.74) is 3.70. The van der Waals surface area contributed by atoms with Crippen LogP contribution in [0.25, 0.3) is 0 Å². The van der Waals surface area contributed by atoms with Gasteiger partial charge < -0.3 is 14.4 Å². The Kier molecular flexibility index (Phi) is 8.45. The van der Waals surface area contributed by atoms with Crippen LogP contribution >= 0.6 is 0 Å². The van der Waals surface area contributed by atoms with Crippen LogP contribution in [0.4, 0.5) is 16.4 Å². The smallest absolute Gasteiger partial charge is 0.328 e. The molecule has 3 amide bonds. The summed E-state index contributed by atoms with van der Waals surface area (Å²) in [6.45, 7) is 1.57. The summed E-state index contributed by atoms with van der Waals surface area (Å²) in [5, 5.41) is 12.4. The van der Waals surface area contributed by atoms with Crippen molar-refractivity contribution in [1.82, 2.24) is 19.9 Å². The quantitative estimate of drug-likeness (QED) is 0.414. The summed E-state index contributed by atoms with van der Waals surface area (Å²) < 4.78 is 10.5. The summed E-state index contributed by atoms with van der Waals surface area (Å²) in [6, 6.07) is 9.01. The fraction of sp³-hybridized carbons (Fsp3) is 0.345. The van der Waals surface area contributed by atoms with E-state index in [9.17, 15) is 19.6 Å². The molecule has 1 fully saturated rings. The molecule has 0 radical (unpaired) electrons. The van der Waals surface area contributed by atoms with Crippen molar-refractivity contribution < 1.29 is 23.9 Å². The van der Waals surface area contributed by atoms with Gasteiger partial charge in [0.15, 0.2) is 6.29 Å². The number of hydrogen-bond acceptors (Lipinski definition) is 9. The molecule has 1 saturated heterocycles. The number of fused-ring (bicyclic) bond motifs is 1. The Balaban J connectivity index is 1.34. The number of aromatic nitrogens is 3. The number of rotatable bonds is 8. The van der Waals surface area contributed by atoms with Gasteiger partial charge in [0.1, 0.15) is 30.0 Å². The van der Waals surface area contributed by atoms with E-state index in [1.165, 1.54) is 11.1 Å². The Morgan fingerprint density at radius 1 is 1.22 bits per heavy atom. The molecular weight excluding hydrogens is 526 g/mol. The molecule has 2 aliphatic rings. The van der Waals surface area contributed by atoms with Crippen molar-refractivity contribution in [3.8, 4) is 11.9 Å². The number of carbonyl (C=O) groups is 3. The Hall–Kier alpha value is -4.89. The molecule has 41 heavy (non-hydrogen) atoms. The highest BCUT2D eigenvalue weighted by atomic mass is 16.5. The van der Waals surface area contributed by atoms with Gasteiger partial charge in [-0.05, 0) is 55.0 Å². The van der Waals surface area contributed by atoms with Crippen molar-refractivity contribution in [2.24, 2.45) is 0 Å². The van der Waals surface area contributed by atoms with Gasteiger partial charge in [-0.15, -0.1) is 0 Å². The minimum absolute atomic E-state index is 0.0193.